The molecule has 0 aliphatic heterocycles. The van der Waals surface area contributed by atoms with Gasteiger partial charge in [-0.05, 0) is 19.3 Å². The fraction of sp³-hybridized carbons (Fsp3) is 0.500. The molecule has 0 aromatic carbocycles. The summed E-state index contributed by atoms with van der Waals surface area (Å²) in [5.41, 5.74) is 0.222. The van der Waals surface area contributed by atoms with E-state index in [-0.39, 0.29) is 17.9 Å². The summed E-state index contributed by atoms with van der Waals surface area (Å²) < 4.78 is 0. The minimum Gasteiger partial charge on any atom is -0.481 e. The zero-order valence-corrected chi connectivity index (χ0v) is 9.96. The van der Waals surface area contributed by atoms with Crippen molar-refractivity contribution < 1.29 is 24.9 Å². The number of carbonyl (C=O) groups is 2. The van der Waals surface area contributed by atoms with Gasteiger partial charge < -0.3 is 15.3 Å². The average Bonchev–Trinajstić information content (AvgIpc) is 2.22. The molecule has 0 unspecified atom stereocenters. The van der Waals surface area contributed by atoms with E-state index in [0.717, 1.165) is 0 Å². The summed E-state index contributed by atoms with van der Waals surface area (Å²) >= 11 is 0. The van der Waals surface area contributed by atoms with Gasteiger partial charge in [-0.25, -0.2) is 4.79 Å². The van der Waals surface area contributed by atoms with Crippen molar-refractivity contribution in [1.29, 1.82) is 0 Å². The Kier molecular flexibility index (Phi) is 6.89. The number of rotatable bonds is 7. The second-order valence-corrected chi connectivity index (χ2v) is 3.96. The number of aliphatic carboxylic acids is 2. The van der Waals surface area contributed by atoms with E-state index >= 15 is 0 Å². The quantitative estimate of drug-likeness (QED) is 0.463. The summed E-state index contributed by atoms with van der Waals surface area (Å²) in [5.74, 6) is -2.19. The Morgan fingerprint density at radius 2 is 1.88 bits per heavy atom. The first-order chi connectivity index (χ1) is 7.84. The molecule has 0 spiro atoms. The van der Waals surface area contributed by atoms with Crippen molar-refractivity contribution in [2.75, 3.05) is 0 Å². The Bertz CT molecular complexity index is 330. The number of carboxylic acid groups (broad SMARTS) is 2. The van der Waals surface area contributed by atoms with Gasteiger partial charge in [0.1, 0.15) is 0 Å². The van der Waals surface area contributed by atoms with E-state index in [1.54, 1.807) is 19.1 Å². The number of carboxylic acids is 2. The first kappa shape index (κ1) is 15.4. The van der Waals surface area contributed by atoms with Gasteiger partial charge in [0.2, 0.25) is 0 Å². The van der Waals surface area contributed by atoms with Gasteiger partial charge in [-0.2, -0.15) is 0 Å². The molecule has 0 radical (unpaired) electrons. The van der Waals surface area contributed by atoms with Gasteiger partial charge in [-0.3, -0.25) is 4.79 Å². The third kappa shape index (κ3) is 7.30. The van der Waals surface area contributed by atoms with Crippen molar-refractivity contribution in [3.05, 3.63) is 23.8 Å². The minimum absolute atomic E-state index is 0.180. The highest BCUT2D eigenvalue weighted by molar-refractivity contribution is 5.86. The summed E-state index contributed by atoms with van der Waals surface area (Å²) in [6.07, 6.45) is 4.09. The molecule has 0 fully saturated rings. The molecule has 0 amide bonds. The van der Waals surface area contributed by atoms with Gasteiger partial charge in [-0.15, -0.1) is 0 Å². The maximum Gasteiger partial charge on any atom is 0.331 e. The van der Waals surface area contributed by atoms with E-state index in [1.807, 2.05) is 0 Å². The molecule has 0 heterocycles. The molecule has 0 aliphatic rings. The van der Waals surface area contributed by atoms with Crippen molar-refractivity contribution >= 4 is 11.9 Å². The lowest BCUT2D eigenvalue weighted by atomic mass is 9.98. The van der Waals surface area contributed by atoms with Crippen molar-refractivity contribution in [2.45, 2.75) is 32.8 Å². The second kappa shape index (κ2) is 7.62. The van der Waals surface area contributed by atoms with E-state index in [1.165, 1.54) is 13.0 Å². The maximum absolute atomic E-state index is 10.4. The number of aliphatic hydroxyl groups is 1. The van der Waals surface area contributed by atoms with Crippen LogP contribution < -0.4 is 0 Å². The third-order valence-corrected chi connectivity index (χ3v) is 2.37. The lowest BCUT2D eigenvalue weighted by Crippen LogP contribution is -2.20. The van der Waals surface area contributed by atoms with Gasteiger partial charge in [0, 0.05) is 5.57 Å². The second-order valence-electron chi connectivity index (χ2n) is 3.96. The van der Waals surface area contributed by atoms with Crippen molar-refractivity contribution in [3.63, 3.8) is 0 Å². The highest BCUT2D eigenvalue weighted by Crippen LogP contribution is 2.12. The molecule has 0 aliphatic carbocycles. The Morgan fingerprint density at radius 1 is 1.29 bits per heavy atom. The predicted octanol–water partition coefficient (Wildman–Crippen LogP) is 1.44. The van der Waals surface area contributed by atoms with Gasteiger partial charge in [0.05, 0.1) is 12.5 Å². The smallest absolute Gasteiger partial charge is 0.331 e. The van der Waals surface area contributed by atoms with Crippen LogP contribution in [0.1, 0.15) is 26.7 Å². The molecule has 17 heavy (non-hydrogen) atoms. The molecule has 0 saturated heterocycles. The SMILES string of the molecule is C/C(=C\C=C\C[C@@H](C)[C@H](O)CC(=O)O)C(=O)O. The molecule has 5 heteroatoms. The van der Waals surface area contributed by atoms with Crippen molar-refractivity contribution in [3.8, 4) is 0 Å². The Balaban J connectivity index is 4.11. The van der Waals surface area contributed by atoms with Crippen LogP contribution in [0.15, 0.2) is 23.8 Å². The number of hydrogen-bond acceptors (Lipinski definition) is 3. The lowest BCUT2D eigenvalue weighted by Gasteiger charge is -2.14. The normalized spacial score (nSPS) is 15.8. The molecular weight excluding hydrogens is 224 g/mol. The maximum atomic E-state index is 10.4. The van der Waals surface area contributed by atoms with Gasteiger partial charge >= 0.3 is 11.9 Å². The van der Waals surface area contributed by atoms with Crippen LogP contribution in [0.4, 0.5) is 0 Å². The van der Waals surface area contributed by atoms with Gasteiger partial charge in [0.15, 0.2) is 0 Å². The van der Waals surface area contributed by atoms with Crippen LogP contribution >= 0.6 is 0 Å². The number of hydrogen-bond donors (Lipinski definition) is 3. The van der Waals surface area contributed by atoms with Crippen LogP contribution in [0, 0.1) is 5.92 Å². The van der Waals surface area contributed by atoms with Crippen LogP contribution in [0.5, 0.6) is 0 Å². The first-order valence-corrected chi connectivity index (χ1v) is 5.31. The summed E-state index contributed by atoms with van der Waals surface area (Å²) in [6, 6.07) is 0. The van der Waals surface area contributed by atoms with E-state index < -0.39 is 18.0 Å². The summed E-state index contributed by atoms with van der Waals surface area (Å²) in [7, 11) is 0. The minimum atomic E-state index is -1.03. The lowest BCUT2D eigenvalue weighted by molar-refractivity contribution is -0.140. The van der Waals surface area contributed by atoms with Gasteiger partial charge in [0.25, 0.3) is 0 Å². The van der Waals surface area contributed by atoms with Crippen LogP contribution in [0.3, 0.4) is 0 Å². The monoisotopic (exact) mass is 242 g/mol. The zero-order chi connectivity index (χ0) is 13.4. The highest BCUT2D eigenvalue weighted by Gasteiger charge is 2.15. The van der Waals surface area contributed by atoms with Crippen molar-refractivity contribution in [1.82, 2.24) is 0 Å². The van der Waals surface area contributed by atoms with Crippen LogP contribution in [-0.4, -0.2) is 33.4 Å². The fourth-order valence-corrected chi connectivity index (χ4v) is 1.11. The van der Waals surface area contributed by atoms with Crippen LogP contribution in [0.25, 0.3) is 0 Å². The summed E-state index contributed by atoms with van der Waals surface area (Å²) in [6.45, 7) is 3.22. The molecule has 0 aromatic heterocycles. The number of aliphatic hydroxyl groups excluding tert-OH is 1. The molecule has 3 N–H and O–H groups in total. The standard InChI is InChI=1S/C12H18O5/c1-8(10(13)7-11(14)15)5-3-4-6-9(2)12(16)17/h3-4,6,8,10,13H,5,7H2,1-2H3,(H,14,15)(H,16,17)/b4-3+,9-6+/t8-,10-/m1/s1. The molecule has 2 atom stereocenters. The molecule has 96 valence electrons. The van der Waals surface area contributed by atoms with Crippen LogP contribution in [-0.2, 0) is 9.59 Å². The number of allylic oxidation sites excluding steroid dienone is 3. The molecule has 5 nitrogen and oxygen atoms in total. The van der Waals surface area contributed by atoms with E-state index in [0.29, 0.717) is 6.42 Å². The van der Waals surface area contributed by atoms with E-state index in [4.69, 9.17) is 10.2 Å². The van der Waals surface area contributed by atoms with Gasteiger partial charge in [-0.1, -0.05) is 25.2 Å². The zero-order valence-electron chi connectivity index (χ0n) is 9.96. The summed E-state index contributed by atoms with van der Waals surface area (Å²) in [4.78, 5) is 20.8. The van der Waals surface area contributed by atoms with E-state index in [9.17, 15) is 14.7 Å². The largest absolute Gasteiger partial charge is 0.481 e. The Labute approximate surface area is 100 Å². The van der Waals surface area contributed by atoms with E-state index in [2.05, 4.69) is 0 Å². The topological polar surface area (TPSA) is 94.8 Å². The van der Waals surface area contributed by atoms with Crippen LogP contribution in [0.2, 0.25) is 0 Å². The average molecular weight is 242 g/mol. The Hall–Kier alpha value is -1.62. The fourth-order valence-electron chi connectivity index (χ4n) is 1.11. The predicted molar refractivity (Wildman–Crippen MR) is 62.6 cm³/mol. The highest BCUT2D eigenvalue weighted by atomic mass is 16.4. The molecule has 0 saturated carbocycles. The van der Waals surface area contributed by atoms with Crippen molar-refractivity contribution in [2.24, 2.45) is 5.92 Å². The molecule has 0 rings (SSSR count). The first-order valence-electron chi connectivity index (χ1n) is 5.31. The molecule has 0 bridgehead atoms. The molecular formula is C12H18O5. The summed E-state index contributed by atoms with van der Waals surface area (Å²) in [5, 5.41) is 26.5. The third-order valence-electron chi connectivity index (χ3n) is 2.37. The molecule has 0 aromatic rings. The Morgan fingerprint density at radius 3 is 2.35 bits per heavy atom.